The maximum atomic E-state index is 10.3. The van der Waals surface area contributed by atoms with Crippen molar-refractivity contribution in [2.24, 2.45) is 0 Å². The summed E-state index contributed by atoms with van der Waals surface area (Å²) in [6.07, 6.45) is -2.96. The van der Waals surface area contributed by atoms with Gasteiger partial charge in [-0.3, -0.25) is 0 Å². The molecule has 1 fully saturated rings. The summed E-state index contributed by atoms with van der Waals surface area (Å²) in [6, 6.07) is 0. The van der Waals surface area contributed by atoms with Crippen LogP contribution in [0.4, 0.5) is 0 Å². The minimum atomic E-state index is -1.10. The molecule has 1 aliphatic rings. The third kappa shape index (κ3) is 1.89. The van der Waals surface area contributed by atoms with Gasteiger partial charge in [0.1, 0.15) is 6.10 Å². The molecule has 0 aromatic heterocycles. The Hall–Kier alpha value is -0.650. The molecule has 11 heavy (non-hydrogen) atoms. The molecular formula is C6H10O5. The van der Waals surface area contributed by atoms with E-state index in [9.17, 15) is 4.79 Å². The molecule has 0 saturated carbocycles. The molecule has 2 unspecified atom stereocenters. The number of hydrogen-bond acceptors (Lipinski definition) is 4. The molecule has 3 atom stereocenters. The van der Waals surface area contributed by atoms with Gasteiger partial charge < -0.3 is 20.1 Å². The van der Waals surface area contributed by atoms with Crippen LogP contribution in [0, 0.1) is 0 Å². The third-order valence-electron chi connectivity index (χ3n) is 1.64. The van der Waals surface area contributed by atoms with Crippen LogP contribution in [-0.4, -0.2) is 46.2 Å². The second-order valence-electron chi connectivity index (χ2n) is 2.53. The highest BCUT2D eigenvalue weighted by molar-refractivity contribution is 5.72. The van der Waals surface area contributed by atoms with Gasteiger partial charge in [-0.25, -0.2) is 4.79 Å². The monoisotopic (exact) mass is 162 g/mol. The van der Waals surface area contributed by atoms with E-state index in [1.165, 1.54) is 0 Å². The van der Waals surface area contributed by atoms with Crippen LogP contribution >= 0.6 is 0 Å². The predicted octanol–water partition coefficient (Wildman–Crippen LogP) is -1.42. The van der Waals surface area contributed by atoms with Crippen LogP contribution in [0.3, 0.4) is 0 Å². The summed E-state index contributed by atoms with van der Waals surface area (Å²) in [6.45, 7) is -0.113. The predicted molar refractivity (Wildman–Crippen MR) is 34.0 cm³/mol. The number of aliphatic hydroxyl groups excluding tert-OH is 2. The number of carboxylic acid groups (broad SMARTS) is 1. The van der Waals surface area contributed by atoms with Crippen molar-refractivity contribution in [2.45, 2.75) is 24.7 Å². The van der Waals surface area contributed by atoms with E-state index in [1.807, 2.05) is 0 Å². The molecule has 3 N–H and O–H groups in total. The van der Waals surface area contributed by atoms with E-state index in [-0.39, 0.29) is 13.0 Å². The highest BCUT2D eigenvalue weighted by Crippen LogP contribution is 2.14. The summed E-state index contributed by atoms with van der Waals surface area (Å²) in [7, 11) is 0. The second kappa shape index (κ2) is 3.17. The Morgan fingerprint density at radius 3 is 2.45 bits per heavy atom. The number of carbonyl (C=O) groups is 1. The Kier molecular flexibility index (Phi) is 2.43. The number of aliphatic carboxylic acids is 1. The second-order valence-corrected chi connectivity index (χ2v) is 2.53. The molecule has 0 bridgehead atoms. The molecule has 0 amide bonds. The van der Waals surface area contributed by atoms with E-state index in [0.717, 1.165) is 0 Å². The van der Waals surface area contributed by atoms with Crippen LogP contribution in [0.5, 0.6) is 0 Å². The lowest BCUT2D eigenvalue weighted by Gasteiger charge is -2.27. The third-order valence-corrected chi connectivity index (χ3v) is 1.64. The molecule has 1 saturated heterocycles. The van der Waals surface area contributed by atoms with E-state index >= 15 is 0 Å². The molecule has 0 aromatic rings. The van der Waals surface area contributed by atoms with Gasteiger partial charge in [0.15, 0.2) is 6.10 Å². The Labute approximate surface area is 63.2 Å². The van der Waals surface area contributed by atoms with Crippen molar-refractivity contribution < 1.29 is 24.9 Å². The number of aliphatic hydroxyl groups is 2. The lowest BCUT2D eigenvalue weighted by Crippen LogP contribution is -2.44. The zero-order chi connectivity index (χ0) is 8.43. The minimum absolute atomic E-state index is 0.0451. The van der Waals surface area contributed by atoms with Crippen LogP contribution in [0.15, 0.2) is 0 Å². The van der Waals surface area contributed by atoms with Gasteiger partial charge >= 0.3 is 5.97 Å². The number of hydrogen-bond donors (Lipinski definition) is 3. The average molecular weight is 162 g/mol. The van der Waals surface area contributed by atoms with Gasteiger partial charge in [-0.1, -0.05) is 0 Å². The molecule has 64 valence electrons. The molecule has 0 aliphatic carbocycles. The lowest BCUT2D eigenvalue weighted by atomic mass is 10.0. The molecule has 0 aromatic carbocycles. The van der Waals surface area contributed by atoms with Gasteiger partial charge in [0, 0.05) is 6.42 Å². The fourth-order valence-electron chi connectivity index (χ4n) is 0.942. The van der Waals surface area contributed by atoms with E-state index in [1.54, 1.807) is 0 Å². The fraction of sp³-hybridized carbons (Fsp3) is 0.833. The van der Waals surface area contributed by atoms with Crippen molar-refractivity contribution in [3.63, 3.8) is 0 Å². The number of carboxylic acids is 1. The van der Waals surface area contributed by atoms with Gasteiger partial charge in [0.25, 0.3) is 0 Å². The first-order valence-corrected chi connectivity index (χ1v) is 3.32. The maximum absolute atomic E-state index is 10.3. The normalized spacial score (nSPS) is 38.5. The summed E-state index contributed by atoms with van der Waals surface area (Å²) < 4.78 is 4.71. The summed E-state index contributed by atoms with van der Waals surface area (Å²) in [4.78, 5) is 10.3. The Morgan fingerprint density at radius 2 is 2.00 bits per heavy atom. The summed E-state index contributed by atoms with van der Waals surface area (Å²) >= 11 is 0. The van der Waals surface area contributed by atoms with Gasteiger partial charge in [-0.15, -0.1) is 0 Å². The zero-order valence-electron chi connectivity index (χ0n) is 5.80. The highest BCUT2D eigenvalue weighted by Gasteiger charge is 2.32. The Morgan fingerprint density at radius 1 is 1.36 bits per heavy atom. The standard InChI is InChI=1S/C6H10O5/c7-3-1-5(6(9)10)11-2-4(3)8/h3-5,7-8H,1-2H2,(H,9,10)/t3-,4?,5?/m0/s1. The summed E-state index contributed by atoms with van der Waals surface area (Å²) in [5.41, 5.74) is 0. The van der Waals surface area contributed by atoms with E-state index in [0.29, 0.717) is 0 Å². The molecule has 1 rings (SSSR count). The minimum Gasteiger partial charge on any atom is -0.479 e. The topological polar surface area (TPSA) is 87.0 Å². The van der Waals surface area contributed by atoms with E-state index < -0.39 is 24.3 Å². The van der Waals surface area contributed by atoms with E-state index in [4.69, 9.17) is 20.1 Å². The van der Waals surface area contributed by atoms with Crippen molar-refractivity contribution >= 4 is 5.97 Å². The van der Waals surface area contributed by atoms with Crippen LogP contribution in [-0.2, 0) is 9.53 Å². The van der Waals surface area contributed by atoms with Gasteiger partial charge in [0.05, 0.1) is 12.7 Å². The molecule has 0 radical (unpaired) electrons. The first-order valence-electron chi connectivity index (χ1n) is 3.32. The fourth-order valence-corrected chi connectivity index (χ4v) is 0.942. The van der Waals surface area contributed by atoms with Crippen LogP contribution in [0.2, 0.25) is 0 Å². The molecule has 5 nitrogen and oxygen atoms in total. The zero-order valence-corrected chi connectivity index (χ0v) is 5.80. The number of rotatable bonds is 1. The highest BCUT2D eigenvalue weighted by atomic mass is 16.5. The first kappa shape index (κ1) is 8.45. The van der Waals surface area contributed by atoms with Crippen molar-refractivity contribution in [3.8, 4) is 0 Å². The smallest absolute Gasteiger partial charge is 0.332 e. The summed E-state index contributed by atoms with van der Waals surface area (Å²) in [5, 5.41) is 26.3. The average Bonchev–Trinajstić information content (AvgIpc) is 1.94. The molecule has 1 heterocycles. The molecule has 5 heteroatoms. The largest absolute Gasteiger partial charge is 0.479 e. The van der Waals surface area contributed by atoms with Crippen LogP contribution in [0.25, 0.3) is 0 Å². The van der Waals surface area contributed by atoms with Gasteiger partial charge in [-0.05, 0) is 0 Å². The maximum Gasteiger partial charge on any atom is 0.332 e. The molecule has 0 spiro atoms. The van der Waals surface area contributed by atoms with Crippen molar-refractivity contribution in [3.05, 3.63) is 0 Å². The van der Waals surface area contributed by atoms with E-state index in [2.05, 4.69) is 0 Å². The summed E-state index contributed by atoms with van der Waals surface area (Å²) in [5.74, 6) is -1.10. The quantitative estimate of drug-likeness (QED) is 0.440. The van der Waals surface area contributed by atoms with Crippen LogP contribution in [0.1, 0.15) is 6.42 Å². The molecular weight excluding hydrogens is 152 g/mol. The lowest BCUT2D eigenvalue weighted by molar-refractivity contribution is -0.168. The van der Waals surface area contributed by atoms with Crippen LogP contribution < -0.4 is 0 Å². The van der Waals surface area contributed by atoms with Gasteiger partial charge in [0.2, 0.25) is 0 Å². The first-order chi connectivity index (χ1) is 5.11. The van der Waals surface area contributed by atoms with Gasteiger partial charge in [-0.2, -0.15) is 0 Å². The van der Waals surface area contributed by atoms with Crippen molar-refractivity contribution in [1.82, 2.24) is 0 Å². The number of ether oxygens (including phenoxy) is 1. The van der Waals surface area contributed by atoms with Crippen molar-refractivity contribution in [1.29, 1.82) is 0 Å². The Bertz CT molecular complexity index is 157. The Balaban J connectivity index is 2.46. The SMILES string of the molecule is O=C(O)C1C[C@H](O)C(O)CO1. The van der Waals surface area contributed by atoms with Crippen molar-refractivity contribution in [2.75, 3.05) is 6.61 Å². The molecule has 1 aliphatic heterocycles.